The molecule has 2 aromatic rings. The zero-order valence-electron chi connectivity index (χ0n) is 14.2. The van der Waals surface area contributed by atoms with Gasteiger partial charge in [-0.2, -0.15) is 22.8 Å². The van der Waals surface area contributed by atoms with E-state index < -0.39 is 86.2 Å². The van der Waals surface area contributed by atoms with Gasteiger partial charge in [0.25, 0.3) is 0 Å². The van der Waals surface area contributed by atoms with Crippen molar-refractivity contribution in [3.8, 4) is 23.3 Å². The Balaban J connectivity index is 1.92. The van der Waals surface area contributed by atoms with E-state index >= 15 is 0 Å². The third-order valence-corrected chi connectivity index (χ3v) is 5.18. The normalized spacial score (nSPS) is 20.4. The van der Waals surface area contributed by atoms with Crippen LogP contribution in [0.25, 0.3) is 0 Å². The molecule has 0 saturated carbocycles. The average Bonchev–Trinajstić information content (AvgIpc) is 3.08. The van der Waals surface area contributed by atoms with Gasteiger partial charge in [0.1, 0.15) is 33.3 Å². The fraction of sp³-hybridized carbons (Fsp3) is 0.222. The summed E-state index contributed by atoms with van der Waals surface area (Å²) in [4.78, 5) is 12.3. The Hall–Kier alpha value is -3.02. The number of nitriles is 1. The number of ether oxygens (including phenoxy) is 1. The highest BCUT2D eigenvalue weighted by Crippen LogP contribution is 2.64. The van der Waals surface area contributed by atoms with Crippen LogP contribution in [-0.4, -0.2) is 32.5 Å². The van der Waals surface area contributed by atoms with Gasteiger partial charge in [0.2, 0.25) is 0 Å². The molecule has 4 nitrogen and oxygen atoms in total. The standard InChI is InChI=1S/C18H6B2F5NO3/c19-12-5(4-26)15(28)16(13(20)14(12)21)29-9-2-1-6-10-7(3-8(27)11(9)10)18(24,25)17(6,22)23/h1-2,7,28H,3H2. The number of Topliss-reactive ketones (excluding diaryl/α,β-unsaturated/α-hetero) is 1. The zero-order chi connectivity index (χ0) is 21.5. The smallest absolute Gasteiger partial charge is 0.336 e. The molecule has 11 heteroatoms. The van der Waals surface area contributed by atoms with Crippen molar-refractivity contribution in [1.82, 2.24) is 0 Å². The van der Waals surface area contributed by atoms with Crippen molar-refractivity contribution in [2.45, 2.75) is 24.2 Å². The van der Waals surface area contributed by atoms with Gasteiger partial charge in [-0.05, 0) is 28.6 Å². The number of phenolic OH excluding ortho intramolecular Hbond substituents is 1. The van der Waals surface area contributed by atoms with Gasteiger partial charge < -0.3 is 9.84 Å². The molecule has 2 aliphatic rings. The summed E-state index contributed by atoms with van der Waals surface area (Å²) >= 11 is 0. The molecule has 0 heterocycles. The van der Waals surface area contributed by atoms with Gasteiger partial charge in [0.15, 0.2) is 17.3 Å². The van der Waals surface area contributed by atoms with Crippen molar-refractivity contribution in [2.24, 2.45) is 0 Å². The van der Waals surface area contributed by atoms with Crippen LogP contribution in [0.2, 0.25) is 0 Å². The van der Waals surface area contributed by atoms with E-state index in [-0.39, 0.29) is 0 Å². The lowest BCUT2D eigenvalue weighted by Gasteiger charge is -2.23. The second-order valence-corrected chi connectivity index (χ2v) is 6.69. The maximum Gasteiger partial charge on any atom is 0.336 e. The maximum absolute atomic E-state index is 14.2. The number of rotatable bonds is 2. The molecule has 29 heavy (non-hydrogen) atoms. The number of halogens is 5. The molecule has 1 atom stereocenters. The van der Waals surface area contributed by atoms with Gasteiger partial charge in [-0.15, -0.1) is 0 Å². The third-order valence-electron chi connectivity index (χ3n) is 5.18. The molecule has 1 N–H and O–H groups in total. The number of hydrogen-bond donors (Lipinski definition) is 1. The Morgan fingerprint density at radius 3 is 2.48 bits per heavy atom. The number of alkyl halides is 4. The summed E-state index contributed by atoms with van der Waals surface area (Å²) in [6.07, 6.45) is -0.869. The highest BCUT2D eigenvalue weighted by Gasteiger charge is 2.71. The lowest BCUT2D eigenvalue weighted by molar-refractivity contribution is -0.214. The van der Waals surface area contributed by atoms with E-state index in [9.17, 15) is 31.9 Å². The highest BCUT2D eigenvalue weighted by molar-refractivity contribution is 6.41. The first kappa shape index (κ1) is 19.3. The van der Waals surface area contributed by atoms with Crippen molar-refractivity contribution in [3.05, 3.63) is 40.2 Å². The summed E-state index contributed by atoms with van der Waals surface area (Å²) in [5.41, 5.74) is -4.35. The summed E-state index contributed by atoms with van der Waals surface area (Å²) in [6.45, 7) is 0. The first-order chi connectivity index (χ1) is 13.4. The Bertz CT molecular complexity index is 1160. The van der Waals surface area contributed by atoms with E-state index in [1.807, 2.05) is 0 Å². The lowest BCUT2D eigenvalue weighted by atomic mass is 9.82. The van der Waals surface area contributed by atoms with E-state index in [4.69, 9.17) is 25.7 Å². The van der Waals surface area contributed by atoms with Crippen LogP contribution < -0.4 is 15.7 Å². The van der Waals surface area contributed by atoms with E-state index in [0.717, 1.165) is 6.07 Å². The minimum absolute atomic E-state index is 0.486. The van der Waals surface area contributed by atoms with Crippen molar-refractivity contribution in [2.75, 3.05) is 0 Å². The summed E-state index contributed by atoms with van der Waals surface area (Å²) in [5.74, 6) is -15.4. The second kappa shape index (κ2) is 5.75. The molecular weight excluding hydrogens is 395 g/mol. The predicted octanol–water partition coefficient (Wildman–Crippen LogP) is 2.19. The Morgan fingerprint density at radius 2 is 1.86 bits per heavy atom. The molecule has 0 fully saturated rings. The minimum atomic E-state index is -4.48. The molecule has 0 bridgehead atoms. The molecule has 2 aliphatic carbocycles. The van der Waals surface area contributed by atoms with Gasteiger partial charge in [0, 0.05) is 12.0 Å². The minimum Gasteiger partial charge on any atom is -0.503 e. The van der Waals surface area contributed by atoms with E-state index in [2.05, 4.69) is 0 Å². The number of carbonyl (C=O) groups is 1. The Morgan fingerprint density at radius 1 is 1.21 bits per heavy atom. The number of nitrogens with zero attached hydrogens (tertiary/aromatic N) is 1. The average molecular weight is 401 g/mol. The van der Waals surface area contributed by atoms with Crippen LogP contribution in [0, 0.1) is 17.1 Å². The number of benzene rings is 2. The Kier molecular flexibility index (Phi) is 3.83. The maximum atomic E-state index is 14.2. The zero-order valence-corrected chi connectivity index (χ0v) is 14.2. The molecule has 0 aliphatic heterocycles. The predicted molar refractivity (Wildman–Crippen MR) is 90.6 cm³/mol. The monoisotopic (exact) mass is 401 g/mol. The molecule has 1 unspecified atom stereocenters. The van der Waals surface area contributed by atoms with Crippen molar-refractivity contribution < 1.29 is 36.6 Å². The number of carbonyl (C=O) groups excluding carboxylic acids is 1. The largest absolute Gasteiger partial charge is 0.503 e. The van der Waals surface area contributed by atoms with E-state index in [1.54, 1.807) is 0 Å². The van der Waals surface area contributed by atoms with Gasteiger partial charge in [-0.25, -0.2) is 4.39 Å². The van der Waals surface area contributed by atoms with Crippen LogP contribution >= 0.6 is 0 Å². The van der Waals surface area contributed by atoms with Crippen LogP contribution in [0.15, 0.2) is 12.1 Å². The lowest BCUT2D eigenvalue weighted by Crippen LogP contribution is -2.36. The van der Waals surface area contributed by atoms with Crippen LogP contribution in [0.1, 0.15) is 39.4 Å². The molecule has 4 rings (SSSR count). The summed E-state index contributed by atoms with van der Waals surface area (Å²) < 4.78 is 76.0. The van der Waals surface area contributed by atoms with Crippen molar-refractivity contribution >= 4 is 32.4 Å². The number of aromatic hydroxyl groups is 1. The quantitative estimate of drug-likeness (QED) is 0.619. The van der Waals surface area contributed by atoms with Crippen LogP contribution in [0.5, 0.6) is 17.2 Å². The highest BCUT2D eigenvalue weighted by atomic mass is 19.3. The van der Waals surface area contributed by atoms with Crippen molar-refractivity contribution in [3.63, 3.8) is 0 Å². The molecule has 0 aromatic heterocycles. The van der Waals surface area contributed by atoms with Crippen LogP contribution in [-0.2, 0) is 5.92 Å². The SMILES string of the molecule is [B]c1c(F)c([B])c(Oc2ccc3c4c2C(=O)CC4C(F)(F)C3(F)F)c(O)c1C#N. The molecule has 0 saturated heterocycles. The van der Waals surface area contributed by atoms with Gasteiger partial charge >= 0.3 is 11.8 Å². The topological polar surface area (TPSA) is 70.3 Å². The fourth-order valence-corrected chi connectivity index (χ4v) is 3.75. The summed E-state index contributed by atoms with van der Waals surface area (Å²) in [7, 11) is 10.9. The van der Waals surface area contributed by atoms with Crippen LogP contribution in [0.4, 0.5) is 22.0 Å². The molecular formula is C18H6B2F5NO3. The molecule has 142 valence electrons. The molecule has 0 spiro atoms. The number of phenols is 1. The first-order valence-electron chi connectivity index (χ1n) is 8.08. The Labute approximate surface area is 162 Å². The van der Waals surface area contributed by atoms with Crippen molar-refractivity contribution in [1.29, 1.82) is 5.26 Å². The van der Waals surface area contributed by atoms with Gasteiger partial charge in [0.05, 0.1) is 17.0 Å². The van der Waals surface area contributed by atoms with Crippen LogP contribution in [0.3, 0.4) is 0 Å². The molecule has 2 aromatic carbocycles. The second-order valence-electron chi connectivity index (χ2n) is 6.69. The van der Waals surface area contributed by atoms with E-state index in [0.29, 0.717) is 6.07 Å². The third kappa shape index (κ3) is 2.23. The number of ketones is 1. The van der Waals surface area contributed by atoms with Gasteiger partial charge in [-0.1, -0.05) is 0 Å². The number of hydrogen-bond acceptors (Lipinski definition) is 4. The fourth-order valence-electron chi connectivity index (χ4n) is 3.75. The summed E-state index contributed by atoms with van der Waals surface area (Å²) in [6, 6.07) is 2.95. The molecule has 0 amide bonds. The van der Waals surface area contributed by atoms with E-state index in [1.165, 1.54) is 6.07 Å². The first-order valence-corrected chi connectivity index (χ1v) is 8.08. The summed E-state index contributed by atoms with van der Waals surface area (Å²) in [5, 5.41) is 19.2. The molecule has 4 radical (unpaired) electrons. The van der Waals surface area contributed by atoms with Gasteiger partial charge in [-0.3, -0.25) is 4.79 Å².